The Morgan fingerprint density at radius 1 is 1.59 bits per heavy atom. The number of nitrogens with zero attached hydrogens (tertiary/aromatic N) is 3. The Bertz CT molecular complexity index is 626. The van der Waals surface area contributed by atoms with Gasteiger partial charge in [0, 0.05) is 6.07 Å². The Labute approximate surface area is 97.7 Å². The third-order valence-corrected chi connectivity index (χ3v) is 2.85. The lowest BCUT2D eigenvalue weighted by molar-refractivity contribution is -0.118. The smallest absolute Gasteiger partial charge is 0.299 e. The van der Waals surface area contributed by atoms with Crippen molar-refractivity contribution in [3.05, 3.63) is 28.1 Å². The first-order valence-corrected chi connectivity index (χ1v) is 5.49. The van der Waals surface area contributed by atoms with E-state index in [9.17, 15) is 9.59 Å². The second kappa shape index (κ2) is 4.12. The van der Waals surface area contributed by atoms with Gasteiger partial charge in [0.15, 0.2) is 5.65 Å². The Balaban J connectivity index is 2.65. The van der Waals surface area contributed by atoms with E-state index in [0.717, 1.165) is 0 Å². The van der Waals surface area contributed by atoms with Crippen molar-refractivity contribution in [2.75, 3.05) is 0 Å². The summed E-state index contributed by atoms with van der Waals surface area (Å²) in [6.07, 6.45) is 0.687. The molecule has 0 spiro atoms. The van der Waals surface area contributed by atoms with Crippen LogP contribution in [-0.4, -0.2) is 25.4 Å². The van der Waals surface area contributed by atoms with Crippen LogP contribution < -0.4 is 5.69 Å². The highest BCUT2D eigenvalue weighted by Crippen LogP contribution is 2.19. The second-order valence-electron chi connectivity index (χ2n) is 4.02. The van der Waals surface area contributed by atoms with Crippen molar-refractivity contribution in [3.8, 4) is 0 Å². The quantitative estimate of drug-likeness (QED) is 0.852. The molecular weight excluding hydrogens is 220 g/mol. The molecule has 6 heteroatoms. The minimum absolute atomic E-state index is 0.0710. The second-order valence-corrected chi connectivity index (χ2v) is 4.02. The summed E-state index contributed by atoms with van der Waals surface area (Å²) in [5, 5.41) is 6.25. The van der Waals surface area contributed by atoms with Crippen molar-refractivity contribution in [3.63, 3.8) is 0 Å². The number of aromatic nitrogens is 4. The molecule has 0 radical (unpaired) electrons. The first kappa shape index (κ1) is 11.5. The van der Waals surface area contributed by atoms with Gasteiger partial charge in [0.2, 0.25) is 0 Å². The van der Waals surface area contributed by atoms with Crippen LogP contribution in [0, 0.1) is 6.92 Å². The minimum atomic E-state index is -0.313. The summed E-state index contributed by atoms with van der Waals surface area (Å²) < 4.78 is 1.39. The van der Waals surface area contributed by atoms with Gasteiger partial charge in [0.25, 0.3) is 0 Å². The number of aromatic amines is 1. The van der Waals surface area contributed by atoms with E-state index in [2.05, 4.69) is 15.2 Å². The average Bonchev–Trinajstić information content (AvgIpc) is 2.61. The van der Waals surface area contributed by atoms with Crippen molar-refractivity contribution in [1.82, 2.24) is 19.6 Å². The molecule has 0 aliphatic carbocycles. The van der Waals surface area contributed by atoms with Gasteiger partial charge in [0.1, 0.15) is 11.6 Å². The van der Waals surface area contributed by atoms with Gasteiger partial charge in [-0.05, 0) is 20.3 Å². The van der Waals surface area contributed by atoms with Crippen LogP contribution in [0.15, 0.2) is 10.9 Å². The SMILES string of the molecule is CCC(C(C)=O)c1cc2n[nH]c(=O)n2c(C)n1. The molecule has 1 unspecified atom stereocenters. The highest BCUT2D eigenvalue weighted by Gasteiger charge is 2.18. The van der Waals surface area contributed by atoms with E-state index in [1.165, 1.54) is 4.40 Å². The summed E-state index contributed by atoms with van der Waals surface area (Å²) in [6.45, 7) is 5.20. The van der Waals surface area contributed by atoms with Crippen molar-refractivity contribution in [2.45, 2.75) is 33.1 Å². The maximum absolute atomic E-state index is 11.5. The van der Waals surface area contributed by atoms with E-state index in [4.69, 9.17) is 0 Å². The maximum atomic E-state index is 11.5. The fourth-order valence-corrected chi connectivity index (χ4v) is 2.00. The molecule has 0 aromatic carbocycles. The van der Waals surface area contributed by atoms with Gasteiger partial charge in [-0.3, -0.25) is 4.79 Å². The van der Waals surface area contributed by atoms with Crippen LogP contribution in [0.1, 0.15) is 37.7 Å². The molecule has 0 saturated carbocycles. The predicted molar refractivity (Wildman–Crippen MR) is 62.1 cm³/mol. The van der Waals surface area contributed by atoms with Crippen LogP contribution >= 0.6 is 0 Å². The molecule has 0 fully saturated rings. The zero-order valence-corrected chi connectivity index (χ0v) is 10.0. The van der Waals surface area contributed by atoms with Crippen LogP contribution in [-0.2, 0) is 4.79 Å². The molecule has 2 heterocycles. The summed E-state index contributed by atoms with van der Waals surface area (Å²) in [5.41, 5.74) is 0.855. The number of ketones is 1. The van der Waals surface area contributed by atoms with E-state index >= 15 is 0 Å². The lowest BCUT2D eigenvalue weighted by Gasteiger charge is -2.11. The third-order valence-electron chi connectivity index (χ3n) is 2.85. The molecule has 90 valence electrons. The lowest BCUT2D eigenvalue weighted by atomic mass is 9.98. The number of carbonyl (C=O) groups excluding carboxylic acids is 1. The Morgan fingerprint density at radius 2 is 2.29 bits per heavy atom. The van der Waals surface area contributed by atoms with Gasteiger partial charge in [-0.25, -0.2) is 19.3 Å². The first-order chi connectivity index (χ1) is 8.04. The topological polar surface area (TPSA) is 80.1 Å². The number of aryl methyl sites for hydroxylation is 1. The largest absolute Gasteiger partial charge is 0.349 e. The number of fused-ring (bicyclic) bond motifs is 1. The highest BCUT2D eigenvalue weighted by molar-refractivity contribution is 5.83. The van der Waals surface area contributed by atoms with Crippen LogP contribution in [0.5, 0.6) is 0 Å². The molecule has 1 atom stereocenters. The van der Waals surface area contributed by atoms with Gasteiger partial charge in [-0.1, -0.05) is 6.92 Å². The van der Waals surface area contributed by atoms with E-state index in [1.54, 1.807) is 19.9 Å². The van der Waals surface area contributed by atoms with Crippen LogP contribution in [0.2, 0.25) is 0 Å². The molecular formula is C11H14N4O2. The average molecular weight is 234 g/mol. The summed E-state index contributed by atoms with van der Waals surface area (Å²) in [6, 6.07) is 1.68. The number of Topliss-reactive ketones (excluding diaryl/α,β-unsaturated/α-hetero) is 1. The van der Waals surface area contributed by atoms with Crippen LogP contribution in [0.3, 0.4) is 0 Å². The fourth-order valence-electron chi connectivity index (χ4n) is 2.00. The van der Waals surface area contributed by atoms with Crippen LogP contribution in [0.25, 0.3) is 5.65 Å². The van der Waals surface area contributed by atoms with E-state index in [1.807, 2.05) is 6.92 Å². The van der Waals surface area contributed by atoms with Gasteiger partial charge in [-0.15, -0.1) is 0 Å². The van der Waals surface area contributed by atoms with Gasteiger partial charge in [0.05, 0.1) is 11.6 Å². The predicted octanol–water partition coefficient (Wildman–Crippen LogP) is 0.809. The molecule has 2 aromatic rings. The Hall–Kier alpha value is -1.98. The zero-order chi connectivity index (χ0) is 12.6. The van der Waals surface area contributed by atoms with Crippen LogP contribution in [0.4, 0.5) is 0 Å². The van der Waals surface area contributed by atoms with E-state index in [0.29, 0.717) is 23.6 Å². The third kappa shape index (κ3) is 1.86. The van der Waals surface area contributed by atoms with E-state index in [-0.39, 0.29) is 17.4 Å². The molecule has 2 rings (SSSR count). The number of nitrogens with one attached hydrogen (secondary N) is 1. The molecule has 1 N–H and O–H groups in total. The minimum Gasteiger partial charge on any atom is -0.299 e. The molecule has 6 nitrogen and oxygen atoms in total. The number of hydrogen-bond donors (Lipinski definition) is 1. The van der Waals surface area contributed by atoms with Gasteiger partial charge in [-0.2, -0.15) is 5.10 Å². The molecule has 0 bridgehead atoms. The summed E-state index contributed by atoms with van der Waals surface area (Å²) in [4.78, 5) is 27.2. The van der Waals surface area contributed by atoms with Crippen molar-refractivity contribution < 1.29 is 4.79 Å². The molecule has 17 heavy (non-hydrogen) atoms. The monoisotopic (exact) mass is 234 g/mol. The number of rotatable bonds is 3. The molecule has 0 saturated heterocycles. The summed E-state index contributed by atoms with van der Waals surface area (Å²) >= 11 is 0. The maximum Gasteiger partial charge on any atom is 0.349 e. The standard InChI is InChI=1S/C11H14N4O2/c1-4-8(6(2)16)9-5-10-13-14-11(17)15(10)7(3)12-9/h5,8H,4H2,1-3H3,(H,14,17). The van der Waals surface area contributed by atoms with Gasteiger partial charge < -0.3 is 0 Å². The molecule has 0 aliphatic heterocycles. The Kier molecular flexibility index (Phi) is 2.79. The fraction of sp³-hybridized carbons (Fsp3) is 0.455. The lowest BCUT2D eigenvalue weighted by Crippen LogP contribution is -2.16. The normalized spacial score (nSPS) is 12.9. The highest BCUT2D eigenvalue weighted by atomic mass is 16.1. The summed E-state index contributed by atoms with van der Waals surface area (Å²) in [7, 11) is 0. The van der Waals surface area contributed by atoms with Crippen molar-refractivity contribution >= 4 is 11.4 Å². The summed E-state index contributed by atoms with van der Waals surface area (Å²) in [5.74, 6) is 0.378. The molecule has 2 aromatic heterocycles. The zero-order valence-electron chi connectivity index (χ0n) is 10.0. The number of H-pyrrole nitrogens is 1. The van der Waals surface area contributed by atoms with Gasteiger partial charge >= 0.3 is 5.69 Å². The first-order valence-electron chi connectivity index (χ1n) is 5.49. The molecule has 0 amide bonds. The van der Waals surface area contributed by atoms with Crippen molar-refractivity contribution in [2.24, 2.45) is 0 Å². The van der Waals surface area contributed by atoms with E-state index < -0.39 is 0 Å². The Morgan fingerprint density at radius 3 is 2.88 bits per heavy atom. The number of carbonyl (C=O) groups is 1. The number of hydrogen-bond acceptors (Lipinski definition) is 4. The molecule has 0 aliphatic rings. The van der Waals surface area contributed by atoms with Crippen molar-refractivity contribution in [1.29, 1.82) is 0 Å².